The molecule has 1 aromatic rings. The molecule has 0 saturated carbocycles. The van der Waals surface area contributed by atoms with Crippen LogP contribution < -0.4 is 11.5 Å². The van der Waals surface area contributed by atoms with Gasteiger partial charge in [-0.25, -0.2) is 4.98 Å². The molecule has 0 bridgehead atoms. The summed E-state index contributed by atoms with van der Waals surface area (Å²) >= 11 is 0. The Morgan fingerprint density at radius 3 is 2.92 bits per heavy atom. The van der Waals surface area contributed by atoms with E-state index in [0.29, 0.717) is 12.4 Å². The van der Waals surface area contributed by atoms with Gasteiger partial charge in [-0.05, 0) is 6.92 Å². The van der Waals surface area contributed by atoms with Gasteiger partial charge in [-0.2, -0.15) is 4.98 Å². The number of ether oxygens (including phenoxy) is 1. The van der Waals surface area contributed by atoms with Gasteiger partial charge in [0.1, 0.15) is 5.82 Å². The van der Waals surface area contributed by atoms with Crippen molar-refractivity contribution >= 4 is 11.8 Å². The van der Waals surface area contributed by atoms with Crippen LogP contribution in [0.2, 0.25) is 0 Å². The van der Waals surface area contributed by atoms with Crippen molar-refractivity contribution in [3.8, 4) is 0 Å². The number of hydrogen-bond donors (Lipinski definition) is 2. The lowest BCUT2D eigenvalue weighted by atomic mass is 10.1. The van der Waals surface area contributed by atoms with E-state index >= 15 is 0 Å². The number of nitrogens with two attached hydrogens (primary N) is 2. The molecule has 5 nitrogen and oxygen atoms in total. The van der Waals surface area contributed by atoms with Crippen molar-refractivity contribution < 1.29 is 4.74 Å². The normalized spacial score (nSPS) is 20.9. The van der Waals surface area contributed by atoms with Crippen molar-refractivity contribution in [1.82, 2.24) is 9.97 Å². The summed E-state index contributed by atoms with van der Waals surface area (Å²) < 4.78 is 5.32. The molecule has 0 spiro atoms. The summed E-state index contributed by atoms with van der Waals surface area (Å²) in [4.78, 5) is 7.89. The minimum absolute atomic E-state index is 0.0133. The van der Waals surface area contributed by atoms with Crippen molar-refractivity contribution in [2.45, 2.75) is 19.6 Å². The smallest absolute Gasteiger partial charge is 0.222 e. The summed E-state index contributed by atoms with van der Waals surface area (Å²) in [6.45, 7) is 2.40. The molecule has 1 aliphatic rings. The lowest BCUT2D eigenvalue weighted by Gasteiger charge is -2.05. The van der Waals surface area contributed by atoms with Gasteiger partial charge in [0, 0.05) is 5.56 Å². The Hall–Kier alpha value is -1.36. The molecule has 5 heteroatoms. The Balaban J connectivity index is 2.60. The summed E-state index contributed by atoms with van der Waals surface area (Å²) in [5, 5.41) is 0. The van der Waals surface area contributed by atoms with Crippen LogP contribution in [0.1, 0.15) is 24.3 Å². The number of nitrogen functional groups attached to an aromatic ring is 2. The first kappa shape index (κ1) is 7.30. The Bertz CT molecular complexity index is 325. The number of aromatic nitrogens is 2. The molecule has 0 radical (unpaired) electrons. The highest BCUT2D eigenvalue weighted by Crippen LogP contribution is 2.32. The standard InChI is InChI=1S/C7H10N4O/c1-3-5-4(2-12-3)10-7(9)11-6(5)8/h3H,2H2,1H3,(H4,8,9,10,11). The fraction of sp³-hybridized carbons (Fsp3) is 0.429. The largest absolute Gasteiger partial charge is 0.383 e. The van der Waals surface area contributed by atoms with Crippen LogP contribution in [0, 0.1) is 0 Å². The molecule has 4 N–H and O–H groups in total. The molecular weight excluding hydrogens is 156 g/mol. The Kier molecular flexibility index (Phi) is 1.41. The number of rotatable bonds is 0. The van der Waals surface area contributed by atoms with Crippen molar-refractivity contribution in [2.75, 3.05) is 11.5 Å². The third kappa shape index (κ3) is 0.902. The van der Waals surface area contributed by atoms with Gasteiger partial charge < -0.3 is 16.2 Å². The number of hydrogen-bond acceptors (Lipinski definition) is 5. The first-order valence-corrected chi connectivity index (χ1v) is 3.72. The first-order chi connectivity index (χ1) is 5.68. The molecule has 1 aromatic heterocycles. The van der Waals surface area contributed by atoms with E-state index in [1.807, 2.05) is 6.92 Å². The molecule has 2 heterocycles. The molecule has 0 amide bonds. The lowest BCUT2D eigenvalue weighted by molar-refractivity contribution is 0.0789. The van der Waals surface area contributed by atoms with Gasteiger partial charge in [0.15, 0.2) is 0 Å². The highest BCUT2D eigenvalue weighted by Gasteiger charge is 2.24. The summed E-state index contributed by atoms with van der Waals surface area (Å²) in [6.07, 6.45) is -0.0133. The topological polar surface area (TPSA) is 87.0 Å². The highest BCUT2D eigenvalue weighted by atomic mass is 16.5. The van der Waals surface area contributed by atoms with Crippen molar-refractivity contribution in [2.24, 2.45) is 0 Å². The molecule has 0 aromatic carbocycles. The average Bonchev–Trinajstić information content (AvgIpc) is 2.31. The zero-order valence-electron chi connectivity index (χ0n) is 6.74. The lowest BCUT2D eigenvalue weighted by Crippen LogP contribution is -2.05. The molecule has 0 aliphatic carbocycles. The van der Waals surface area contributed by atoms with Crippen LogP contribution in [0.3, 0.4) is 0 Å². The van der Waals surface area contributed by atoms with Gasteiger partial charge in [0.25, 0.3) is 0 Å². The van der Waals surface area contributed by atoms with Crippen LogP contribution in [0.5, 0.6) is 0 Å². The molecule has 0 fully saturated rings. The molecular formula is C7H10N4O. The monoisotopic (exact) mass is 166 g/mol. The molecule has 1 unspecified atom stereocenters. The Morgan fingerprint density at radius 1 is 1.42 bits per heavy atom. The third-order valence-corrected chi connectivity index (χ3v) is 1.95. The van der Waals surface area contributed by atoms with Gasteiger partial charge in [0.05, 0.1) is 18.4 Å². The van der Waals surface area contributed by atoms with E-state index in [4.69, 9.17) is 16.2 Å². The maximum absolute atomic E-state index is 5.65. The van der Waals surface area contributed by atoms with E-state index in [1.54, 1.807) is 0 Å². The van der Waals surface area contributed by atoms with Gasteiger partial charge in [0.2, 0.25) is 5.95 Å². The van der Waals surface area contributed by atoms with E-state index in [9.17, 15) is 0 Å². The second-order valence-electron chi connectivity index (χ2n) is 2.78. The van der Waals surface area contributed by atoms with Gasteiger partial charge >= 0.3 is 0 Å². The minimum Gasteiger partial charge on any atom is -0.383 e. The van der Waals surface area contributed by atoms with Crippen molar-refractivity contribution in [3.05, 3.63) is 11.3 Å². The van der Waals surface area contributed by atoms with Gasteiger partial charge in [-0.15, -0.1) is 0 Å². The maximum atomic E-state index is 5.65. The van der Waals surface area contributed by atoms with E-state index < -0.39 is 0 Å². The highest BCUT2D eigenvalue weighted by molar-refractivity contribution is 5.48. The Morgan fingerprint density at radius 2 is 2.17 bits per heavy atom. The maximum Gasteiger partial charge on any atom is 0.222 e. The van der Waals surface area contributed by atoms with Crippen LogP contribution in [0.25, 0.3) is 0 Å². The number of anilines is 2. The van der Waals surface area contributed by atoms with Gasteiger partial charge in [-0.1, -0.05) is 0 Å². The van der Waals surface area contributed by atoms with E-state index in [0.717, 1.165) is 11.3 Å². The number of fused-ring (bicyclic) bond motifs is 1. The molecule has 0 saturated heterocycles. The summed E-state index contributed by atoms with van der Waals surface area (Å²) in [6, 6.07) is 0. The second-order valence-corrected chi connectivity index (χ2v) is 2.78. The predicted molar refractivity (Wildman–Crippen MR) is 44.1 cm³/mol. The van der Waals surface area contributed by atoms with Crippen LogP contribution in [-0.4, -0.2) is 9.97 Å². The van der Waals surface area contributed by atoms with Crippen molar-refractivity contribution in [1.29, 1.82) is 0 Å². The van der Waals surface area contributed by atoms with Gasteiger partial charge in [-0.3, -0.25) is 0 Å². The Labute approximate surface area is 69.8 Å². The summed E-state index contributed by atoms with van der Waals surface area (Å²) in [5.74, 6) is 0.645. The summed E-state index contributed by atoms with van der Waals surface area (Å²) in [7, 11) is 0. The minimum atomic E-state index is -0.0133. The van der Waals surface area contributed by atoms with Crippen LogP contribution in [-0.2, 0) is 11.3 Å². The van der Waals surface area contributed by atoms with E-state index in [1.165, 1.54) is 0 Å². The quantitative estimate of drug-likeness (QED) is 0.576. The average molecular weight is 166 g/mol. The molecule has 1 aliphatic heterocycles. The molecule has 2 rings (SSSR count). The van der Waals surface area contributed by atoms with Crippen LogP contribution in [0.15, 0.2) is 0 Å². The zero-order chi connectivity index (χ0) is 8.72. The van der Waals surface area contributed by atoms with E-state index in [2.05, 4.69) is 9.97 Å². The third-order valence-electron chi connectivity index (χ3n) is 1.95. The zero-order valence-corrected chi connectivity index (χ0v) is 6.74. The summed E-state index contributed by atoms with van der Waals surface area (Å²) in [5.41, 5.74) is 12.8. The first-order valence-electron chi connectivity index (χ1n) is 3.72. The molecule has 12 heavy (non-hydrogen) atoms. The number of nitrogens with zero attached hydrogens (tertiary/aromatic N) is 2. The SMILES string of the molecule is CC1OCc2nc(N)nc(N)c21. The van der Waals surface area contributed by atoms with Crippen LogP contribution >= 0.6 is 0 Å². The second kappa shape index (κ2) is 2.31. The molecule has 64 valence electrons. The fourth-order valence-electron chi connectivity index (χ4n) is 1.40. The fourth-order valence-corrected chi connectivity index (χ4v) is 1.40. The molecule has 1 atom stereocenters. The predicted octanol–water partition coefficient (Wildman–Crippen LogP) is 0.232. The van der Waals surface area contributed by atoms with E-state index in [-0.39, 0.29) is 12.1 Å². The van der Waals surface area contributed by atoms with Crippen molar-refractivity contribution in [3.63, 3.8) is 0 Å². The van der Waals surface area contributed by atoms with Crippen LogP contribution in [0.4, 0.5) is 11.8 Å².